The lowest BCUT2D eigenvalue weighted by atomic mass is 10.0. The molecule has 1 unspecified atom stereocenters. The third-order valence-electron chi connectivity index (χ3n) is 3.99. The van der Waals surface area contributed by atoms with E-state index >= 15 is 0 Å². The van der Waals surface area contributed by atoms with Crippen molar-refractivity contribution >= 4 is 17.5 Å². The van der Waals surface area contributed by atoms with E-state index in [4.69, 9.17) is 17.3 Å². The molecular formula is C19H19ClN4O. The van der Waals surface area contributed by atoms with E-state index < -0.39 is 0 Å². The van der Waals surface area contributed by atoms with Gasteiger partial charge in [0.2, 0.25) is 0 Å². The fourth-order valence-electron chi connectivity index (χ4n) is 2.67. The van der Waals surface area contributed by atoms with Crippen molar-refractivity contribution in [2.75, 3.05) is 6.54 Å². The van der Waals surface area contributed by atoms with E-state index in [0.29, 0.717) is 23.6 Å². The molecule has 3 aromatic rings. The summed E-state index contributed by atoms with van der Waals surface area (Å²) in [5.74, 6) is -0.140. The molecule has 5 nitrogen and oxygen atoms in total. The molecule has 1 heterocycles. The minimum absolute atomic E-state index is 0.140. The number of aromatic nitrogens is 2. The summed E-state index contributed by atoms with van der Waals surface area (Å²) in [4.78, 5) is 12.7. The number of carbonyl (C=O) groups excluding carboxylic acids is 1. The minimum atomic E-state index is -0.160. The number of hydrogen-bond donors (Lipinski definition) is 3. The summed E-state index contributed by atoms with van der Waals surface area (Å²) in [7, 11) is 0. The SMILES string of the molecule is NCCC(NC(=O)c1cccc(-c2cn[nH]c2)c1)c1ccc(Cl)cc1. The second-order valence-electron chi connectivity index (χ2n) is 5.72. The van der Waals surface area contributed by atoms with Crippen LogP contribution >= 0.6 is 11.6 Å². The molecule has 0 aliphatic heterocycles. The Hall–Kier alpha value is -2.63. The Balaban J connectivity index is 1.79. The summed E-state index contributed by atoms with van der Waals surface area (Å²) >= 11 is 5.94. The highest BCUT2D eigenvalue weighted by atomic mass is 35.5. The first-order valence-electron chi connectivity index (χ1n) is 8.03. The Morgan fingerprint density at radius 2 is 2.00 bits per heavy atom. The van der Waals surface area contributed by atoms with Crippen molar-refractivity contribution in [1.82, 2.24) is 15.5 Å². The second kappa shape index (κ2) is 7.96. The molecule has 1 atom stereocenters. The predicted octanol–water partition coefficient (Wildman–Crippen LogP) is 3.55. The van der Waals surface area contributed by atoms with Gasteiger partial charge in [0.15, 0.2) is 0 Å². The lowest BCUT2D eigenvalue weighted by Crippen LogP contribution is -2.30. The number of nitrogens with one attached hydrogen (secondary N) is 2. The van der Waals surface area contributed by atoms with E-state index in [1.807, 2.05) is 42.5 Å². The summed E-state index contributed by atoms with van der Waals surface area (Å²) in [6.07, 6.45) is 4.17. The van der Waals surface area contributed by atoms with E-state index in [2.05, 4.69) is 15.5 Å². The van der Waals surface area contributed by atoms with Crippen LogP contribution in [-0.4, -0.2) is 22.6 Å². The number of nitrogens with two attached hydrogens (primary N) is 1. The lowest BCUT2D eigenvalue weighted by molar-refractivity contribution is 0.0935. The number of halogens is 1. The molecule has 1 amide bonds. The topological polar surface area (TPSA) is 83.8 Å². The first kappa shape index (κ1) is 17.2. The third-order valence-corrected chi connectivity index (χ3v) is 4.24. The van der Waals surface area contributed by atoms with Crippen molar-refractivity contribution < 1.29 is 4.79 Å². The van der Waals surface area contributed by atoms with Gasteiger partial charge in [-0.25, -0.2) is 0 Å². The maximum atomic E-state index is 12.7. The highest BCUT2D eigenvalue weighted by molar-refractivity contribution is 6.30. The van der Waals surface area contributed by atoms with Gasteiger partial charge in [-0.3, -0.25) is 9.89 Å². The van der Waals surface area contributed by atoms with Gasteiger partial charge < -0.3 is 11.1 Å². The number of aromatic amines is 1. The van der Waals surface area contributed by atoms with Crippen molar-refractivity contribution in [1.29, 1.82) is 0 Å². The Labute approximate surface area is 151 Å². The summed E-state index contributed by atoms with van der Waals surface area (Å²) < 4.78 is 0. The van der Waals surface area contributed by atoms with Crippen LogP contribution in [0.25, 0.3) is 11.1 Å². The van der Waals surface area contributed by atoms with Crippen molar-refractivity contribution in [2.45, 2.75) is 12.5 Å². The van der Waals surface area contributed by atoms with E-state index in [1.165, 1.54) is 0 Å². The number of amides is 1. The van der Waals surface area contributed by atoms with Crippen LogP contribution in [0.4, 0.5) is 0 Å². The smallest absolute Gasteiger partial charge is 0.251 e. The number of H-pyrrole nitrogens is 1. The van der Waals surface area contributed by atoms with Crippen molar-refractivity contribution in [3.05, 3.63) is 77.1 Å². The van der Waals surface area contributed by atoms with Gasteiger partial charge in [0.1, 0.15) is 0 Å². The lowest BCUT2D eigenvalue weighted by Gasteiger charge is -2.19. The molecule has 0 fully saturated rings. The van der Waals surface area contributed by atoms with Crippen LogP contribution in [0.5, 0.6) is 0 Å². The Kier molecular flexibility index (Phi) is 5.48. The van der Waals surface area contributed by atoms with Crippen LogP contribution < -0.4 is 11.1 Å². The summed E-state index contributed by atoms with van der Waals surface area (Å²) in [6, 6.07) is 14.7. The summed E-state index contributed by atoms with van der Waals surface area (Å²) in [5, 5.41) is 10.4. The standard InChI is InChI=1S/C19H19ClN4O/c20-17-6-4-13(5-7-17)18(8-9-21)24-19(25)15-3-1-2-14(10-15)16-11-22-23-12-16/h1-7,10-12,18H,8-9,21H2,(H,22,23)(H,24,25). The monoisotopic (exact) mass is 354 g/mol. The average molecular weight is 355 g/mol. The molecule has 0 radical (unpaired) electrons. The first-order chi connectivity index (χ1) is 12.2. The van der Waals surface area contributed by atoms with Crippen molar-refractivity contribution in [3.63, 3.8) is 0 Å². The van der Waals surface area contributed by atoms with Crippen molar-refractivity contribution in [3.8, 4) is 11.1 Å². The van der Waals surface area contributed by atoms with Crippen LogP contribution in [0.2, 0.25) is 5.02 Å². The first-order valence-corrected chi connectivity index (χ1v) is 8.41. The highest BCUT2D eigenvalue weighted by Gasteiger charge is 2.16. The second-order valence-corrected chi connectivity index (χ2v) is 6.16. The van der Waals surface area contributed by atoms with Gasteiger partial charge in [0.25, 0.3) is 5.91 Å². The highest BCUT2D eigenvalue weighted by Crippen LogP contribution is 2.22. The molecule has 0 spiro atoms. The van der Waals surface area contributed by atoms with Gasteiger partial charge in [0.05, 0.1) is 12.2 Å². The van der Waals surface area contributed by atoms with Crippen LogP contribution in [0.1, 0.15) is 28.4 Å². The molecule has 2 aromatic carbocycles. The molecule has 0 aliphatic carbocycles. The summed E-state index contributed by atoms with van der Waals surface area (Å²) in [5.41, 5.74) is 9.15. The van der Waals surface area contributed by atoms with E-state index in [-0.39, 0.29) is 11.9 Å². The summed E-state index contributed by atoms with van der Waals surface area (Å²) in [6.45, 7) is 0.475. The Bertz CT molecular complexity index is 831. The molecule has 0 saturated carbocycles. The van der Waals surface area contributed by atoms with E-state index in [0.717, 1.165) is 16.7 Å². The maximum absolute atomic E-state index is 12.7. The Morgan fingerprint density at radius 3 is 2.68 bits per heavy atom. The van der Waals surface area contributed by atoms with E-state index in [9.17, 15) is 4.79 Å². The third kappa shape index (κ3) is 4.26. The molecule has 1 aromatic heterocycles. The van der Waals surface area contributed by atoms with Gasteiger partial charge in [-0.2, -0.15) is 5.10 Å². The molecule has 128 valence electrons. The average Bonchev–Trinajstić information content (AvgIpc) is 3.17. The zero-order chi connectivity index (χ0) is 17.6. The number of nitrogens with zero attached hydrogens (tertiary/aromatic N) is 1. The quantitative estimate of drug-likeness (QED) is 0.633. The van der Waals surface area contributed by atoms with Gasteiger partial charge in [-0.15, -0.1) is 0 Å². The van der Waals surface area contributed by atoms with Crippen LogP contribution in [0.15, 0.2) is 60.9 Å². The zero-order valence-corrected chi connectivity index (χ0v) is 14.3. The van der Waals surface area contributed by atoms with Gasteiger partial charge in [-0.05, 0) is 48.4 Å². The van der Waals surface area contributed by atoms with Crippen molar-refractivity contribution in [2.24, 2.45) is 5.73 Å². The Morgan fingerprint density at radius 1 is 1.20 bits per heavy atom. The molecule has 0 saturated heterocycles. The molecule has 6 heteroatoms. The molecular weight excluding hydrogens is 336 g/mol. The fourth-order valence-corrected chi connectivity index (χ4v) is 2.80. The van der Waals surface area contributed by atoms with Gasteiger partial charge in [0, 0.05) is 22.3 Å². The zero-order valence-electron chi connectivity index (χ0n) is 13.6. The maximum Gasteiger partial charge on any atom is 0.251 e. The minimum Gasteiger partial charge on any atom is -0.345 e. The number of carbonyl (C=O) groups is 1. The number of rotatable bonds is 6. The van der Waals surface area contributed by atoms with Crippen LogP contribution in [0, 0.1) is 0 Å². The van der Waals surface area contributed by atoms with E-state index in [1.54, 1.807) is 18.5 Å². The molecule has 4 N–H and O–H groups in total. The van der Waals surface area contributed by atoms with Crippen LogP contribution in [0.3, 0.4) is 0 Å². The molecule has 25 heavy (non-hydrogen) atoms. The fraction of sp³-hybridized carbons (Fsp3) is 0.158. The normalized spacial score (nSPS) is 11.9. The number of benzene rings is 2. The van der Waals surface area contributed by atoms with Crippen LogP contribution in [-0.2, 0) is 0 Å². The largest absolute Gasteiger partial charge is 0.345 e. The van der Waals surface area contributed by atoms with Gasteiger partial charge in [-0.1, -0.05) is 35.9 Å². The molecule has 0 bridgehead atoms. The molecule has 3 rings (SSSR count). The number of hydrogen-bond acceptors (Lipinski definition) is 3. The molecule has 0 aliphatic rings. The predicted molar refractivity (Wildman–Crippen MR) is 99.4 cm³/mol. The van der Waals surface area contributed by atoms with Gasteiger partial charge >= 0.3 is 0 Å².